The van der Waals surface area contributed by atoms with Crippen LogP contribution >= 0.6 is 0 Å². The number of benzene rings is 1. The molecule has 1 saturated carbocycles. The van der Waals surface area contributed by atoms with Gasteiger partial charge in [0.05, 0.1) is 11.9 Å². The van der Waals surface area contributed by atoms with Crippen LogP contribution in [0.25, 0.3) is 11.3 Å². The first-order valence-electron chi connectivity index (χ1n) is 6.40. The van der Waals surface area contributed by atoms with Crippen molar-refractivity contribution in [3.8, 4) is 11.3 Å². The molecule has 1 heterocycles. The lowest BCUT2D eigenvalue weighted by atomic mass is 9.87. The fourth-order valence-electron chi connectivity index (χ4n) is 3.10. The number of aromatic amines is 1. The molecule has 0 radical (unpaired) electrons. The standard InChI is InChI=1S/C15H19N3/c1-14(2)9-15(14,10-16)12-8-17-18-13(12)11-6-4-3-5-7-11/h3-8H,9-10,16H2,1-2H3,(H,17,18). The van der Waals surface area contributed by atoms with Crippen LogP contribution in [0.5, 0.6) is 0 Å². The first-order valence-corrected chi connectivity index (χ1v) is 6.40. The Bertz CT molecular complexity index is 556. The molecule has 1 fully saturated rings. The minimum Gasteiger partial charge on any atom is -0.330 e. The lowest BCUT2D eigenvalue weighted by Gasteiger charge is -2.18. The van der Waals surface area contributed by atoms with Crippen molar-refractivity contribution in [3.05, 3.63) is 42.1 Å². The molecule has 3 nitrogen and oxygen atoms in total. The molecule has 3 N–H and O–H groups in total. The SMILES string of the molecule is CC1(C)CC1(CN)c1cn[nH]c1-c1ccccc1. The maximum Gasteiger partial charge on any atom is 0.0688 e. The van der Waals surface area contributed by atoms with Crippen molar-refractivity contribution in [3.63, 3.8) is 0 Å². The Kier molecular flexibility index (Phi) is 2.35. The Labute approximate surface area is 107 Å². The fourth-order valence-corrected chi connectivity index (χ4v) is 3.10. The molecule has 3 heteroatoms. The van der Waals surface area contributed by atoms with Crippen molar-refractivity contribution in [1.82, 2.24) is 10.2 Å². The summed E-state index contributed by atoms with van der Waals surface area (Å²) in [5.41, 5.74) is 9.97. The number of nitrogens with one attached hydrogen (secondary N) is 1. The quantitative estimate of drug-likeness (QED) is 0.868. The molecule has 1 aliphatic rings. The van der Waals surface area contributed by atoms with Gasteiger partial charge in [0.25, 0.3) is 0 Å². The molecule has 0 bridgehead atoms. The highest BCUT2D eigenvalue weighted by molar-refractivity contribution is 5.66. The third-order valence-electron chi connectivity index (χ3n) is 4.48. The molecule has 1 unspecified atom stereocenters. The highest BCUT2D eigenvalue weighted by Crippen LogP contribution is 2.64. The topological polar surface area (TPSA) is 54.7 Å². The zero-order chi connectivity index (χ0) is 12.8. The van der Waals surface area contributed by atoms with E-state index in [4.69, 9.17) is 5.73 Å². The average molecular weight is 241 g/mol. The Morgan fingerprint density at radius 3 is 2.50 bits per heavy atom. The number of nitrogens with two attached hydrogens (primary N) is 1. The van der Waals surface area contributed by atoms with Crippen LogP contribution in [0, 0.1) is 5.41 Å². The van der Waals surface area contributed by atoms with Gasteiger partial charge < -0.3 is 5.73 Å². The zero-order valence-electron chi connectivity index (χ0n) is 10.9. The Morgan fingerprint density at radius 2 is 1.94 bits per heavy atom. The van der Waals surface area contributed by atoms with Gasteiger partial charge in [-0.15, -0.1) is 0 Å². The van der Waals surface area contributed by atoms with E-state index in [-0.39, 0.29) is 10.8 Å². The molecule has 0 aliphatic heterocycles. The van der Waals surface area contributed by atoms with Crippen LogP contribution < -0.4 is 5.73 Å². The predicted molar refractivity (Wildman–Crippen MR) is 73.2 cm³/mol. The normalized spacial score (nSPS) is 25.1. The minimum atomic E-state index is 0.0885. The van der Waals surface area contributed by atoms with Gasteiger partial charge in [-0.05, 0) is 17.4 Å². The van der Waals surface area contributed by atoms with Gasteiger partial charge in [-0.3, -0.25) is 5.10 Å². The second-order valence-corrected chi connectivity index (χ2v) is 5.87. The molecule has 1 aromatic carbocycles. The molecular weight excluding hydrogens is 222 g/mol. The number of hydrogen-bond donors (Lipinski definition) is 2. The summed E-state index contributed by atoms with van der Waals surface area (Å²) in [7, 11) is 0. The van der Waals surface area contributed by atoms with Crippen molar-refractivity contribution in [2.24, 2.45) is 11.1 Å². The van der Waals surface area contributed by atoms with Gasteiger partial charge in [0.2, 0.25) is 0 Å². The molecule has 3 rings (SSSR count). The van der Waals surface area contributed by atoms with Crippen LogP contribution in [-0.2, 0) is 5.41 Å². The zero-order valence-corrected chi connectivity index (χ0v) is 10.9. The molecule has 1 aromatic heterocycles. The van der Waals surface area contributed by atoms with E-state index in [9.17, 15) is 0 Å². The highest BCUT2D eigenvalue weighted by atomic mass is 15.1. The van der Waals surface area contributed by atoms with E-state index in [2.05, 4.69) is 36.2 Å². The highest BCUT2D eigenvalue weighted by Gasteiger charge is 2.62. The molecule has 0 spiro atoms. The smallest absolute Gasteiger partial charge is 0.0688 e. The first-order chi connectivity index (χ1) is 8.61. The lowest BCUT2D eigenvalue weighted by molar-refractivity contribution is 0.504. The van der Waals surface area contributed by atoms with Crippen molar-refractivity contribution in [2.75, 3.05) is 6.54 Å². The van der Waals surface area contributed by atoms with E-state index in [1.54, 1.807) is 0 Å². The van der Waals surface area contributed by atoms with E-state index < -0.39 is 0 Å². The molecule has 0 amide bonds. The Balaban J connectivity index is 2.09. The van der Waals surface area contributed by atoms with Crippen LogP contribution in [0.2, 0.25) is 0 Å². The van der Waals surface area contributed by atoms with Gasteiger partial charge in [0.15, 0.2) is 0 Å². The molecule has 18 heavy (non-hydrogen) atoms. The van der Waals surface area contributed by atoms with Gasteiger partial charge in [-0.1, -0.05) is 44.2 Å². The molecule has 2 aromatic rings. The maximum atomic E-state index is 6.04. The second kappa shape index (κ2) is 3.69. The summed E-state index contributed by atoms with van der Waals surface area (Å²) in [4.78, 5) is 0. The molecule has 94 valence electrons. The summed E-state index contributed by atoms with van der Waals surface area (Å²) in [6.45, 7) is 5.24. The molecular formula is C15H19N3. The van der Waals surface area contributed by atoms with E-state index in [0.717, 1.165) is 12.1 Å². The van der Waals surface area contributed by atoms with Crippen LogP contribution in [-0.4, -0.2) is 16.7 Å². The maximum absolute atomic E-state index is 6.04. The number of nitrogens with zero attached hydrogens (tertiary/aromatic N) is 1. The summed E-state index contributed by atoms with van der Waals surface area (Å²) in [5.74, 6) is 0. The van der Waals surface area contributed by atoms with Gasteiger partial charge in [0.1, 0.15) is 0 Å². The van der Waals surface area contributed by atoms with Gasteiger partial charge in [-0.25, -0.2) is 0 Å². The van der Waals surface area contributed by atoms with Crippen molar-refractivity contribution < 1.29 is 0 Å². The number of H-pyrrole nitrogens is 1. The summed E-state index contributed by atoms with van der Waals surface area (Å²) >= 11 is 0. The van der Waals surface area contributed by atoms with Crippen molar-refractivity contribution in [2.45, 2.75) is 25.7 Å². The van der Waals surface area contributed by atoms with Crippen LogP contribution in [0.15, 0.2) is 36.5 Å². The molecule has 1 atom stereocenters. The Hall–Kier alpha value is -1.61. The number of aromatic nitrogens is 2. The minimum absolute atomic E-state index is 0.0885. The molecule has 0 saturated heterocycles. The summed E-state index contributed by atoms with van der Waals surface area (Å²) < 4.78 is 0. The average Bonchev–Trinajstić information content (AvgIpc) is 2.78. The third-order valence-corrected chi connectivity index (χ3v) is 4.48. The second-order valence-electron chi connectivity index (χ2n) is 5.87. The monoisotopic (exact) mass is 241 g/mol. The third kappa shape index (κ3) is 1.44. The van der Waals surface area contributed by atoms with E-state index in [0.29, 0.717) is 6.54 Å². The van der Waals surface area contributed by atoms with Crippen LogP contribution in [0.1, 0.15) is 25.8 Å². The van der Waals surface area contributed by atoms with Crippen LogP contribution in [0.3, 0.4) is 0 Å². The summed E-state index contributed by atoms with van der Waals surface area (Å²) in [6, 6.07) is 10.3. The molecule has 1 aliphatic carbocycles. The van der Waals surface area contributed by atoms with Crippen molar-refractivity contribution in [1.29, 1.82) is 0 Å². The largest absolute Gasteiger partial charge is 0.330 e. The first kappa shape index (κ1) is 11.5. The van der Waals surface area contributed by atoms with E-state index in [1.807, 2.05) is 24.4 Å². The van der Waals surface area contributed by atoms with Gasteiger partial charge >= 0.3 is 0 Å². The Morgan fingerprint density at radius 1 is 1.28 bits per heavy atom. The van der Waals surface area contributed by atoms with Gasteiger partial charge in [-0.2, -0.15) is 5.10 Å². The van der Waals surface area contributed by atoms with Crippen molar-refractivity contribution >= 4 is 0 Å². The fraction of sp³-hybridized carbons (Fsp3) is 0.400. The van der Waals surface area contributed by atoms with E-state index in [1.165, 1.54) is 11.1 Å². The predicted octanol–water partition coefficient (Wildman–Crippen LogP) is 2.70. The van der Waals surface area contributed by atoms with Gasteiger partial charge in [0, 0.05) is 17.5 Å². The summed E-state index contributed by atoms with van der Waals surface area (Å²) in [6.07, 6.45) is 3.08. The lowest BCUT2D eigenvalue weighted by Crippen LogP contribution is -2.25. The van der Waals surface area contributed by atoms with Crippen LogP contribution in [0.4, 0.5) is 0 Å². The van der Waals surface area contributed by atoms with E-state index >= 15 is 0 Å². The summed E-state index contributed by atoms with van der Waals surface area (Å²) in [5, 5.41) is 7.37. The number of rotatable bonds is 3. The number of hydrogen-bond acceptors (Lipinski definition) is 2.